The van der Waals surface area contributed by atoms with Crippen LogP contribution in [0.25, 0.3) is 22.2 Å². The average Bonchev–Trinajstić information content (AvgIpc) is 3.62. The second-order valence-electron chi connectivity index (χ2n) is 13.0. The van der Waals surface area contributed by atoms with Crippen LogP contribution in [0.3, 0.4) is 0 Å². The van der Waals surface area contributed by atoms with Crippen molar-refractivity contribution in [1.82, 2.24) is 20.2 Å². The lowest BCUT2D eigenvalue weighted by Crippen LogP contribution is -2.46. The molecule has 252 valence electrons. The van der Waals surface area contributed by atoms with Gasteiger partial charge in [0.15, 0.2) is 6.29 Å². The van der Waals surface area contributed by atoms with Gasteiger partial charge in [-0.15, -0.1) is 0 Å². The van der Waals surface area contributed by atoms with Crippen molar-refractivity contribution < 1.29 is 24.5 Å². The fourth-order valence-corrected chi connectivity index (χ4v) is 7.01. The number of nitrogens with one attached hydrogen (secondary N) is 1. The van der Waals surface area contributed by atoms with Crippen molar-refractivity contribution in [3.63, 3.8) is 0 Å². The third-order valence-electron chi connectivity index (χ3n) is 9.88. The molecule has 1 aromatic heterocycles. The predicted molar refractivity (Wildman–Crippen MR) is 187 cm³/mol. The van der Waals surface area contributed by atoms with E-state index in [1.807, 2.05) is 78.9 Å². The molecule has 0 saturated carbocycles. The van der Waals surface area contributed by atoms with Crippen molar-refractivity contribution in [1.29, 1.82) is 0 Å². The Morgan fingerprint density at radius 2 is 1.63 bits per heavy atom. The van der Waals surface area contributed by atoms with Crippen molar-refractivity contribution in [3.8, 4) is 11.1 Å². The van der Waals surface area contributed by atoms with Gasteiger partial charge in [0, 0.05) is 30.6 Å². The Kier molecular flexibility index (Phi) is 10.1. The van der Waals surface area contributed by atoms with Gasteiger partial charge in [0.1, 0.15) is 5.69 Å². The summed E-state index contributed by atoms with van der Waals surface area (Å²) in [6.07, 6.45) is 2.68. The monoisotopic (exact) mass is 658 g/mol. The first kappa shape index (κ1) is 33.0. The fourth-order valence-electron chi connectivity index (χ4n) is 7.01. The van der Waals surface area contributed by atoms with Crippen molar-refractivity contribution in [2.45, 2.75) is 57.5 Å². The first-order valence-corrected chi connectivity index (χ1v) is 17.0. The number of ether oxygens (including phenoxy) is 2. The number of carbonyl (C=O) groups is 1. The summed E-state index contributed by atoms with van der Waals surface area (Å²) in [5.74, 6) is -0.211. The predicted octanol–water partition coefficient (Wildman–Crippen LogP) is 5.97. The molecule has 0 bridgehead atoms. The highest BCUT2D eigenvalue weighted by molar-refractivity contribution is 5.93. The van der Waals surface area contributed by atoms with Crippen LogP contribution in [0.5, 0.6) is 0 Å². The molecule has 9 nitrogen and oxygen atoms in total. The molecule has 49 heavy (non-hydrogen) atoms. The Balaban J connectivity index is 1.09. The van der Waals surface area contributed by atoms with Gasteiger partial charge in [-0.05, 0) is 59.3 Å². The Morgan fingerprint density at radius 3 is 2.41 bits per heavy atom. The highest BCUT2D eigenvalue weighted by atomic mass is 16.7. The van der Waals surface area contributed by atoms with E-state index >= 15 is 0 Å². The van der Waals surface area contributed by atoms with Gasteiger partial charge in [0.05, 0.1) is 42.7 Å². The van der Waals surface area contributed by atoms with Crippen LogP contribution >= 0.6 is 0 Å². The second-order valence-corrected chi connectivity index (χ2v) is 13.0. The molecule has 7 rings (SSSR count). The zero-order chi connectivity index (χ0) is 33.7. The lowest BCUT2D eigenvalue weighted by Gasteiger charge is -2.43. The maximum Gasteiger partial charge on any atom is 0.271 e. The molecule has 1 amide bonds. The van der Waals surface area contributed by atoms with E-state index < -0.39 is 6.29 Å². The number of rotatable bonds is 10. The number of para-hydroxylation sites is 2. The second kappa shape index (κ2) is 14.9. The molecule has 0 unspecified atom stereocenters. The number of fused-ring (bicyclic) bond motifs is 1. The molecular formula is C40H42N4O5. The molecule has 5 aromatic rings. The standard InChI is InChI=1S/C40H42N4O5/c1-26-37(23-44-20-6-8-32(44)25-46)48-40(49-38(26)29-14-12-27(24-45)13-15-29)30-18-16-28(17-19-30)33-9-3-2-7-31(33)21-42-39(47)36-22-41-34-10-4-5-11-35(34)43-36/h2-5,7,9-19,22,26,32,37-38,40,45-46H,6,8,20-21,23-25H2,1H3,(H,42,47)/t26-,32-,37+,38+,40+/m0/s1. The van der Waals surface area contributed by atoms with Gasteiger partial charge in [-0.25, -0.2) is 4.98 Å². The molecule has 3 heterocycles. The highest BCUT2D eigenvalue weighted by Crippen LogP contribution is 2.42. The Labute approximate surface area is 286 Å². The minimum absolute atomic E-state index is 0.00574. The van der Waals surface area contributed by atoms with Gasteiger partial charge in [0.2, 0.25) is 0 Å². The van der Waals surface area contributed by atoms with Crippen LogP contribution in [0.15, 0.2) is 103 Å². The first-order chi connectivity index (χ1) is 24.0. The van der Waals surface area contributed by atoms with Gasteiger partial charge in [-0.3, -0.25) is 14.7 Å². The molecule has 4 aromatic carbocycles. The molecule has 0 radical (unpaired) electrons. The number of nitrogens with zero attached hydrogens (tertiary/aromatic N) is 3. The highest BCUT2D eigenvalue weighted by Gasteiger charge is 2.40. The quantitative estimate of drug-likeness (QED) is 0.168. The summed E-state index contributed by atoms with van der Waals surface area (Å²) >= 11 is 0. The zero-order valence-electron chi connectivity index (χ0n) is 27.6. The van der Waals surface area contributed by atoms with E-state index in [0.717, 1.165) is 64.8 Å². The lowest BCUT2D eigenvalue weighted by molar-refractivity contribution is -0.276. The van der Waals surface area contributed by atoms with Gasteiger partial charge in [-0.1, -0.05) is 91.9 Å². The van der Waals surface area contributed by atoms with Crippen molar-refractivity contribution in [3.05, 3.63) is 131 Å². The minimum atomic E-state index is -0.578. The first-order valence-electron chi connectivity index (χ1n) is 17.0. The molecule has 2 aliphatic rings. The zero-order valence-corrected chi connectivity index (χ0v) is 27.6. The van der Waals surface area contributed by atoms with Crippen LogP contribution < -0.4 is 5.32 Å². The fraction of sp³-hybridized carbons (Fsp3) is 0.325. The van der Waals surface area contributed by atoms with Crippen LogP contribution in [-0.4, -0.2) is 62.8 Å². The van der Waals surface area contributed by atoms with E-state index in [-0.39, 0.29) is 49.0 Å². The molecule has 0 spiro atoms. The van der Waals surface area contributed by atoms with Crippen LogP contribution in [0.2, 0.25) is 0 Å². The van der Waals surface area contributed by atoms with E-state index in [1.54, 1.807) is 0 Å². The van der Waals surface area contributed by atoms with Gasteiger partial charge >= 0.3 is 0 Å². The van der Waals surface area contributed by atoms with Gasteiger partial charge in [0.25, 0.3) is 5.91 Å². The maximum atomic E-state index is 13.0. The largest absolute Gasteiger partial charge is 0.395 e. The number of likely N-dealkylation sites (tertiary alicyclic amines) is 1. The number of aliphatic hydroxyl groups excluding tert-OH is 2. The van der Waals surface area contributed by atoms with Gasteiger partial charge in [-0.2, -0.15) is 0 Å². The third kappa shape index (κ3) is 7.27. The molecular weight excluding hydrogens is 616 g/mol. The van der Waals surface area contributed by atoms with E-state index in [1.165, 1.54) is 6.20 Å². The van der Waals surface area contributed by atoms with E-state index in [2.05, 4.69) is 45.3 Å². The smallest absolute Gasteiger partial charge is 0.271 e. The number of hydrogen-bond donors (Lipinski definition) is 3. The minimum Gasteiger partial charge on any atom is -0.395 e. The SMILES string of the molecule is C[C@H]1[C@@H](CN2CCC[C@H]2CO)O[C@@H](c2ccc(-c3ccccc3CNC(=O)c3cnc4ccccc4n3)cc2)O[C@H]1c1ccc(CO)cc1. The van der Waals surface area contributed by atoms with Gasteiger partial charge < -0.3 is 25.0 Å². The Morgan fingerprint density at radius 1 is 0.898 bits per heavy atom. The van der Waals surface area contributed by atoms with Crippen molar-refractivity contribution in [2.75, 3.05) is 19.7 Å². The summed E-state index contributed by atoms with van der Waals surface area (Å²) in [5, 5.41) is 22.6. The molecule has 3 N–H and O–H groups in total. The normalized spacial score (nSPS) is 22.7. The van der Waals surface area contributed by atoms with Crippen LogP contribution in [0.1, 0.15) is 64.9 Å². The Bertz CT molecular complexity index is 1880. The summed E-state index contributed by atoms with van der Waals surface area (Å²) in [6.45, 7) is 4.32. The summed E-state index contributed by atoms with van der Waals surface area (Å²) in [6, 6.07) is 31.8. The number of amides is 1. The topological polar surface area (TPSA) is 117 Å². The van der Waals surface area contributed by atoms with Crippen molar-refractivity contribution >= 4 is 16.9 Å². The number of hydrogen-bond acceptors (Lipinski definition) is 8. The molecule has 2 saturated heterocycles. The van der Waals surface area contributed by atoms with Crippen LogP contribution in [0, 0.1) is 5.92 Å². The van der Waals surface area contributed by atoms with E-state index in [4.69, 9.17) is 9.47 Å². The maximum absolute atomic E-state index is 13.0. The number of aromatic nitrogens is 2. The number of benzene rings is 4. The molecule has 0 aliphatic carbocycles. The average molecular weight is 659 g/mol. The summed E-state index contributed by atoms with van der Waals surface area (Å²) in [7, 11) is 0. The van der Waals surface area contributed by atoms with E-state index in [9.17, 15) is 15.0 Å². The molecule has 2 aliphatic heterocycles. The number of aliphatic hydroxyl groups is 2. The van der Waals surface area contributed by atoms with Crippen LogP contribution in [0.4, 0.5) is 0 Å². The van der Waals surface area contributed by atoms with Crippen LogP contribution in [-0.2, 0) is 22.6 Å². The lowest BCUT2D eigenvalue weighted by atomic mass is 9.89. The molecule has 5 atom stereocenters. The molecule has 2 fully saturated rings. The summed E-state index contributed by atoms with van der Waals surface area (Å²) < 4.78 is 13.4. The molecule has 9 heteroatoms. The summed E-state index contributed by atoms with van der Waals surface area (Å²) in [5.41, 5.74) is 7.53. The number of carbonyl (C=O) groups excluding carboxylic acids is 1. The Hall–Kier alpha value is -4.51. The third-order valence-corrected chi connectivity index (χ3v) is 9.88. The van der Waals surface area contributed by atoms with E-state index in [0.29, 0.717) is 12.1 Å². The van der Waals surface area contributed by atoms with Crippen molar-refractivity contribution in [2.24, 2.45) is 5.92 Å². The summed E-state index contributed by atoms with van der Waals surface area (Å²) in [4.78, 5) is 24.2.